The molecule has 2 aromatic carbocycles. The Morgan fingerprint density at radius 3 is 1.93 bits per heavy atom. The number of hydrogen-bond acceptors (Lipinski definition) is 7. The maximum Gasteiger partial charge on any atom is 0.408 e. The van der Waals surface area contributed by atoms with Gasteiger partial charge in [0.1, 0.15) is 5.60 Å². The molecule has 2 aromatic rings. The average Bonchev–Trinajstić information content (AvgIpc) is 2.90. The van der Waals surface area contributed by atoms with Gasteiger partial charge in [0.15, 0.2) is 11.9 Å². The highest BCUT2D eigenvalue weighted by atomic mass is 16.6. The predicted octanol–water partition coefficient (Wildman–Crippen LogP) is 4.92. The fourth-order valence-electron chi connectivity index (χ4n) is 5.14. The van der Waals surface area contributed by atoms with E-state index in [1.807, 2.05) is 12.1 Å². The van der Waals surface area contributed by atoms with Crippen LogP contribution >= 0.6 is 0 Å². The predicted molar refractivity (Wildman–Crippen MR) is 149 cm³/mol. The Bertz CT molecular complexity index is 1120. The minimum absolute atomic E-state index is 0.0759. The van der Waals surface area contributed by atoms with Gasteiger partial charge in [-0.3, -0.25) is 14.9 Å². The molecule has 9 heteroatoms. The molecule has 1 aliphatic carbocycles. The van der Waals surface area contributed by atoms with Crippen molar-refractivity contribution >= 4 is 23.8 Å². The minimum atomic E-state index is -2.25. The Kier molecular flexibility index (Phi) is 10.5. The van der Waals surface area contributed by atoms with Gasteiger partial charge >= 0.3 is 18.0 Å². The third kappa shape index (κ3) is 8.39. The van der Waals surface area contributed by atoms with Crippen LogP contribution in [0.15, 0.2) is 60.7 Å². The van der Waals surface area contributed by atoms with Gasteiger partial charge in [-0.05, 0) is 44.2 Å². The lowest BCUT2D eigenvalue weighted by atomic mass is 9.75. The number of aliphatic carboxylic acids is 1. The van der Waals surface area contributed by atoms with E-state index in [0.29, 0.717) is 11.1 Å². The Morgan fingerprint density at radius 2 is 1.45 bits per heavy atom. The fourth-order valence-corrected chi connectivity index (χ4v) is 5.14. The number of ether oxygens (including phenoxy) is 2. The van der Waals surface area contributed by atoms with Crippen molar-refractivity contribution in [3.8, 4) is 0 Å². The average molecular weight is 553 g/mol. The van der Waals surface area contributed by atoms with Crippen molar-refractivity contribution in [2.45, 2.75) is 89.0 Å². The van der Waals surface area contributed by atoms with Gasteiger partial charge in [-0.1, -0.05) is 92.8 Å². The molecule has 3 rings (SSSR count). The van der Waals surface area contributed by atoms with Crippen LogP contribution in [0.1, 0.15) is 82.9 Å². The van der Waals surface area contributed by atoms with E-state index in [4.69, 9.17) is 15.2 Å². The normalized spacial score (nSPS) is 16.4. The quantitative estimate of drug-likeness (QED) is 0.263. The summed E-state index contributed by atoms with van der Waals surface area (Å²) in [6.45, 7) is 4.98. The van der Waals surface area contributed by atoms with Gasteiger partial charge in [-0.2, -0.15) is 0 Å². The number of alkyl carbamates (subject to hydrolysis) is 1. The topological polar surface area (TPSA) is 145 Å². The van der Waals surface area contributed by atoms with Crippen LogP contribution in [0.25, 0.3) is 0 Å². The van der Waals surface area contributed by atoms with Crippen LogP contribution in [-0.2, 0) is 23.9 Å². The summed E-state index contributed by atoms with van der Waals surface area (Å²) in [4.78, 5) is 53.0. The lowest BCUT2D eigenvalue weighted by Crippen LogP contribution is -2.66. The molecule has 0 bridgehead atoms. The third-order valence-electron chi connectivity index (χ3n) is 6.96. The summed E-state index contributed by atoms with van der Waals surface area (Å²) >= 11 is 0. The van der Waals surface area contributed by atoms with Gasteiger partial charge in [0.2, 0.25) is 5.54 Å². The minimum Gasteiger partial charge on any atom is -0.481 e. The summed E-state index contributed by atoms with van der Waals surface area (Å²) in [5.74, 6) is -3.32. The van der Waals surface area contributed by atoms with E-state index in [0.717, 1.165) is 32.1 Å². The molecule has 1 aliphatic rings. The zero-order valence-electron chi connectivity index (χ0n) is 23.4. The number of rotatable bonds is 11. The molecule has 1 saturated carbocycles. The van der Waals surface area contributed by atoms with Crippen molar-refractivity contribution in [2.24, 2.45) is 11.7 Å². The van der Waals surface area contributed by atoms with E-state index < -0.39 is 53.5 Å². The molecular formula is C31H40N2O7. The maximum atomic E-state index is 14.3. The van der Waals surface area contributed by atoms with Crippen molar-refractivity contribution in [3.05, 3.63) is 71.8 Å². The Labute approximate surface area is 235 Å². The van der Waals surface area contributed by atoms with Crippen molar-refractivity contribution in [1.82, 2.24) is 5.32 Å². The molecule has 2 atom stereocenters. The molecule has 0 saturated heterocycles. The van der Waals surface area contributed by atoms with Crippen LogP contribution in [-0.4, -0.2) is 46.1 Å². The molecule has 4 N–H and O–H groups in total. The Hall–Kier alpha value is -3.72. The van der Waals surface area contributed by atoms with Crippen LogP contribution in [0.5, 0.6) is 0 Å². The lowest BCUT2D eigenvalue weighted by molar-refractivity contribution is -0.161. The largest absolute Gasteiger partial charge is 0.481 e. The van der Waals surface area contributed by atoms with Crippen LogP contribution in [0, 0.1) is 5.92 Å². The summed E-state index contributed by atoms with van der Waals surface area (Å²) in [5, 5.41) is 11.9. The SMILES string of the molecule is CC(C)(C)OC(=O)N[C@@](CC1CCCCC1)(C(=O)OC(c1ccccc1)c1ccccc1)C(=O)[C@@H](N)CC(=O)O. The molecule has 0 spiro atoms. The molecule has 40 heavy (non-hydrogen) atoms. The van der Waals surface area contributed by atoms with Crippen molar-refractivity contribution < 1.29 is 33.8 Å². The first-order chi connectivity index (χ1) is 18.9. The number of hydrogen-bond donors (Lipinski definition) is 3. The number of nitrogens with one attached hydrogen (secondary N) is 1. The standard InChI is InChI=1S/C31H40N2O7/c1-30(2,3)40-29(38)33-31(20-21-13-7-4-8-14-21,27(36)24(32)19-25(34)35)28(37)39-26(22-15-9-5-10-16-22)23-17-11-6-12-18-23/h5-6,9-12,15-18,21,24,26H,4,7-8,13-14,19-20,32H2,1-3H3,(H,33,38)(H,34,35)/t24-,31+/m0/s1. The van der Waals surface area contributed by atoms with Gasteiger partial charge in [-0.15, -0.1) is 0 Å². The summed E-state index contributed by atoms with van der Waals surface area (Å²) in [5.41, 5.74) is 4.22. The number of carbonyl (C=O) groups is 4. The first-order valence-corrected chi connectivity index (χ1v) is 13.7. The molecule has 0 radical (unpaired) electrons. The van der Waals surface area contributed by atoms with E-state index in [9.17, 15) is 24.3 Å². The highest BCUT2D eigenvalue weighted by molar-refractivity contribution is 6.13. The first-order valence-electron chi connectivity index (χ1n) is 13.7. The number of Topliss-reactive ketones (excluding diaryl/α,β-unsaturated/α-hetero) is 1. The smallest absolute Gasteiger partial charge is 0.408 e. The second-order valence-electron chi connectivity index (χ2n) is 11.4. The number of amides is 1. The summed E-state index contributed by atoms with van der Waals surface area (Å²) in [6.07, 6.45) is 1.66. The molecule has 0 heterocycles. The van der Waals surface area contributed by atoms with Gasteiger partial charge in [0.05, 0.1) is 12.5 Å². The number of nitrogens with two attached hydrogens (primary N) is 1. The third-order valence-corrected chi connectivity index (χ3v) is 6.96. The lowest BCUT2D eigenvalue weighted by Gasteiger charge is -2.38. The molecule has 0 aromatic heterocycles. The van der Waals surface area contributed by atoms with Crippen molar-refractivity contribution in [3.63, 3.8) is 0 Å². The van der Waals surface area contributed by atoms with Crippen molar-refractivity contribution in [2.75, 3.05) is 0 Å². The van der Waals surface area contributed by atoms with E-state index >= 15 is 0 Å². The highest BCUT2D eigenvalue weighted by Crippen LogP contribution is 2.35. The molecule has 0 aliphatic heterocycles. The molecule has 216 valence electrons. The van der Waals surface area contributed by atoms with Gasteiger partial charge in [0, 0.05) is 0 Å². The Balaban J connectivity index is 2.10. The monoisotopic (exact) mass is 552 g/mol. The molecule has 1 amide bonds. The van der Waals surface area contributed by atoms with Gasteiger partial charge in [0.25, 0.3) is 0 Å². The van der Waals surface area contributed by atoms with Crippen molar-refractivity contribution in [1.29, 1.82) is 0 Å². The van der Waals surface area contributed by atoms with E-state index in [-0.39, 0.29) is 12.3 Å². The second-order valence-corrected chi connectivity index (χ2v) is 11.4. The maximum absolute atomic E-state index is 14.3. The molecule has 0 unspecified atom stereocenters. The van der Waals surface area contributed by atoms with Crippen LogP contribution in [0.3, 0.4) is 0 Å². The van der Waals surface area contributed by atoms with E-state index in [1.54, 1.807) is 69.3 Å². The van der Waals surface area contributed by atoms with Crippen LogP contribution in [0.2, 0.25) is 0 Å². The number of carboxylic acids is 1. The van der Waals surface area contributed by atoms with E-state index in [2.05, 4.69) is 5.32 Å². The summed E-state index contributed by atoms with van der Waals surface area (Å²) < 4.78 is 11.6. The summed E-state index contributed by atoms with van der Waals surface area (Å²) in [6, 6.07) is 16.5. The molecule has 1 fully saturated rings. The van der Waals surface area contributed by atoms with Crippen LogP contribution < -0.4 is 11.1 Å². The number of carboxylic acid groups (broad SMARTS) is 1. The molecule has 9 nitrogen and oxygen atoms in total. The zero-order chi connectivity index (χ0) is 29.3. The Morgan fingerprint density at radius 1 is 0.925 bits per heavy atom. The fraction of sp³-hybridized carbons (Fsp3) is 0.484. The van der Waals surface area contributed by atoms with Gasteiger partial charge < -0.3 is 20.3 Å². The molecular weight excluding hydrogens is 512 g/mol. The number of ketones is 1. The van der Waals surface area contributed by atoms with E-state index in [1.165, 1.54) is 0 Å². The van der Waals surface area contributed by atoms with Crippen LogP contribution in [0.4, 0.5) is 4.79 Å². The summed E-state index contributed by atoms with van der Waals surface area (Å²) in [7, 11) is 0. The number of benzene rings is 2. The number of esters is 1. The second kappa shape index (κ2) is 13.6. The highest BCUT2D eigenvalue weighted by Gasteiger charge is 2.53. The van der Waals surface area contributed by atoms with Gasteiger partial charge in [-0.25, -0.2) is 9.59 Å². The zero-order valence-corrected chi connectivity index (χ0v) is 23.4. The first kappa shape index (κ1) is 30.8. The number of carbonyl (C=O) groups excluding carboxylic acids is 3.